The number of methoxy groups -OCH3 is 1. The fourth-order valence-electron chi connectivity index (χ4n) is 3.22. The van der Waals surface area contributed by atoms with Gasteiger partial charge in [0, 0.05) is 5.56 Å². The predicted octanol–water partition coefficient (Wildman–Crippen LogP) is 5.07. The van der Waals surface area contributed by atoms with Crippen LogP contribution in [0.1, 0.15) is 28.6 Å². The lowest BCUT2D eigenvalue weighted by Gasteiger charge is -2.19. The average molecular weight is 403 g/mol. The third-order valence-corrected chi connectivity index (χ3v) is 4.89. The van der Waals surface area contributed by atoms with Gasteiger partial charge in [-0.2, -0.15) is 4.98 Å². The second-order valence-corrected chi connectivity index (χ2v) is 7.02. The third-order valence-electron chi connectivity index (χ3n) is 4.89. The molecule has 0 aliphatic carbocycles. The van der Waals surface area contributed by atoms with Crippen molar-refractivity contribution in [2.45, 2.75) is 19.5 Å². The van der Waals surface area contributed by atoms with E-state index in [0.717, 1.165) is 22.4 Å². The van der Waals surface area contributed by atoms with Gasteiger partial charge in [0.15, 0.2) is 0 Å². The Morgan fingerprint density at radius 2 is 1.57 bits per heavy atom. The van der Waals surface area contributed by atoms with E-state index >= 15 is 0 Å². The summed E-state index contributed by atoms with van der Waals surface area (Å²) < 4.78 is 24.1. The molecule has 5 nitrogen and oxygen atoms in total. The molecule has 0 radical (unpaired) electrons. The molecule has 0 aliphatic heterocycles. The van der Waals surface area contributed by atoms with E-state index in [-0.39, 0.29) is 11.9 Å². The summed E-state index contributed by atoms with van der Waals surface area (Å²) in [4.78, 5) is 4.49. The van der Waals surface area contributed by atoms with Crippen LogP contribution in [0.25, 0.3) is 11.4 Å². The fourth-order valence-corrected chi connectivity index (χ4v) is 3.22. The summed E-state index contributed by atoms with van der Waals surface area (Å²) in [6.45, 7) is 2.40. The highest BCUT2D eigenvalue weighted by Gasteiger charge is 2.16. The van der Waals surface area contributed by atoms with E-state index in [0.29, 0.717) is 18.3 Å². The molecule has 1 unspecified atom stereocenters. The minimum absolute atomic E-state index is 0.175. The monoisotopic (exact) mass is 403 g/mol. The van der Waals surface area contributed by atoms with Gasteiger partial charge < -0.3 is 9.26 Å². The highest BCUT2D eigenvalue weighted by molar-refractivity contribution is 5.54. The molecular formula is C24H22FN3O2. The van der Waals surface area contributed by atoms with E-state index in [1.165, 1.54) is 17.7 Å². The van der Waals surface area contributed by atoms with Crippen molar-refractivity contribution in [1.82, 2.24) is 15.5 Å². The minimum Gasteiger partial charge on any atom is -0.497 e. The molecule has 30 heavy (non-hydrogen) atoms. The molecule has 0 spiro atoms. The standard InChI is InChI=1S/C24H22FN3O2/c1-16-3-5-19(6-4-16)24-27-22(30-28-24)15-26-23(17-7-11-20(25)12-8-17)18-9-13-21(29-2)14-10-18/h3-14,23,26H,15H2,1-2H3. The molecule has 1 atom stereocenters. The first kappa shape index (κ1) is 19.8. The van der Waals surface area contributed by atoms with Gasteiger partial charge in [-0.05, 0) is 42.3 Å². The van der Waals surface area contributed by atoms with Crippen molar-refractivity contribution in [3.8, 4) is 17.1 Å². The molecule has 1 aromatic heterocycles. The average Bonchev–Trinajstić information content (AvgIpc) is 3.25. The van der Waals surface area contributed by atoms with Crippen LogP contribution in [-0.4, -0.2) is 17.3 Å². The summed E-state index contributed by atoms with van der Waals surface area (Å²) in [5.74, 6) is 1.53. The molecule has 1 N–H and O–H groups in total. The molecule has 0 bridgehead atoms. The Bertz CT molecular complexity index is 1090. The largest absolute Gasteiger partial charge is 0.497 e. The first-order chi connectivity index (χ1) is 14.6. The van der Waals surface area contributed by atoms with Gasteiger partial charge in [-0.1, -0.05) is 59.3 Å². The van der Waals surface area contributed by atoms with Crippen molar-refractivity contribution in [2.24, 2.45) is 0 Å². The van der Waals surface area contributed by atoms with Gasteiger partial charge in [0.05, 0.1) is 19.7 Å². The van der Waals surface area contributed by atoms with E-state index in [1.54, 1.807) is 19.2 Å². The second kappa shape index (κ2) is 8.88. The third kappa shape index (κ3) is 4.55. The maximum absolute atomic E-state index is 13.4. The number of nitrogens with zero attached hydrogens (tertiary/aromatic N) is 2. The lowest BCUT2D eigenvalue weighted by Crippen LogP contribution is -2.22. The summed E-state index contributed by atoms with van der Waals surface area (Å²) in [6, 6.07) is 22.0. The zero-order valence-corrected chi connectivity index (χ0v) is 16.8. The highest BCUT2D eigenvalue weighted by Crippen LogP contribution is 2.25. The molecule has 152 valence electrons. The number of halogens is 1. The molecule has 1 heterocycles. The van der Waals surface area contributed by atoms with Gasteiger partial charge in [0.25, 0.3) is 0 Å². The smallest absolute Gasteiger partial charge is 0.240 e. The quantitative estimate of drug-likeness (QED) is 0.467. The van der Waals surface area contributed by atoms with Crippen molar-refractivity contribution in [1.29, 1.82) is 0 Å². The first-order valence-electron chi connectivity index (χ1n) is 9.65. The van der Waals surface area contributed by atoms with Crippen LogP contribution < -0.4 is 10.1 Å². The summed E-state index contributed by atoms with van der Waals surface area (Å²) in [5.41, 5.74) is 4.02. The van der Waals surface area contributed by atoms with Crippen LogP contribution in [0.3, 0.4) is 0 Å². The molecule has 6 heteroatoms. The van der Waals surface area contributed by atoms with Crippen molar-refractivity contribution in [3.63, 3.8) is 0 Å². The molecule has 3 aromatic carbocycles. The van der Waals surface area contributed by atoms with Gasteiger partial charge in [-0.3, -0.25) is 5.32 Å². The van der Waals surface area contributed by atoms with Gasteiger partial charge in [0.2, 0.25) is 11.7 Å². The molecule has 4 aromatic rings. The Morgan fingerprint density at radius 3 is 2.20 bits per heavy atom. The fraction of sp³-hybridized carbons (Fsp3) is 0.167. The Hall–Kier alpha value is -3.51. The van der Waals surface area contributed by atoms with Crippen LogP contribution in [-0.2, 0) is 6.54 Å². The van der Waals surface area contributed by atoms with E-state index in [1.807, 2.05) is 55.5 Å². The number of hydrogen-bond donors (Lipinski definition) is 1. The Labute approximate surface area is 174 Å². The van der Waals surface area contributed by atoms with Gasteiger partial charge >= 0.3 is 0 Å². The lowest BCUT2D eigenvalue weighted by molar-refractivity contribution is 0.363. The number of ether oxygens (including phenoxy) is 1. The van der Waals surface area contributed by atoms with Crippen LogP contribution in [0.4, 0.5) is 4.39 Å². The molecule has 0 saturated heterocycles. The lowest BCUT2D eigenvalue weighted by atomic mass is 9.98. The van der Waals surface area contributed by atoms with E-state index in [9.17, 15) is 4.39 Å². The van der Waals surface area contributed by atoms with Crippen molar-refractivity contribution in [2.75, 3.05) is 7.11 Å². The molecule has 0 aliphatic rings. The van der Waals surface area contributed by atoms with Gasteiger partial charge in [-0.15, -0.1) is 0 Å². The van der Waals surface area contributed by atoms with E-state index in [2.05, 4.69) is 15.5 Å². The molecule has 0 saturated carbocycles. The Morgan fingerprint density at radius 1 is 0.933 bits per heavy atom. The topological polar surface area (TPSA) is 60.2 Å². The maximum atomic E-state index is 13.4. The Kier molecular flexibility index (Phi) is 5.86. The van der Waals surface area contributed by atoms with Crippen molar-refractivity contribution < 1.29 is 13.7 Å². The molecular weight excluding hydrogens is 381 g/mol. The number of benzene rings is 3. The van der Waals surface area contributed by atoms with E-state index < -0.39 is 0 Å². The number of hydrogen-bond acceptors (Lipinski definition) is 5. The predicted molar refractivity (Wildman–Crippen MR) is 113 cm³/mol. The summed E-state index contributed by atoms with van der Waals surface area (Å²) in [7, 11) is 1.63. The van der Waals surface area contributed by atoms with Gasteiger partial charge in [0.1, 0.15) is 11.6 Å². The van der Waals surface area contributed by atoms with Crippen LogP contribution in [0.2, 0.25) is 0 Å². The van der Waals surface area contributed by atoms with Crippen LogP contribution in [0.5, 0.6) is 5.75 Å². The summed E-state index contributed by atoms with van der Waals surface area (Å²) >= 11 is 0. The summed E-state index contributed by atoms with van der Waals surface area (Å²) in [5, 5.41) is 7.52. The van der Waals surface area contributed by atoms with Crippen LogP contribution in [0, 0.1) is 12.7 Å². The van der Waals surface area contributed by atoms with Gasteiger partial charge in [-0.25, -0.2) is 4.39 Å². The summed E-state index contributed by atoms with van der Waals surface area (Å²) in [6.07, 6.45) is 0. The molecule has 0 fully saturated rings. The Balaban J connectivity index is 1.54. The van der Waals surface area contributed by atoms with Crippen molar-refractivity contribution in [3.05, 3.63) is 101 Å². The minimum atomic E-state index is -0.271. The zero-order chi connectivity index (χ0) is 20.9. The molecule has 4 rings (SSSR count). The number of aryl methyl sites for hydroxylation is 1. The van der Waals surface area contributed by atoms with E-state index in [4.69, 9.17) is 9.26 Å². The van der Waals surface area contributed by atoms with Crippen LogP contribution in [0.15, 0.2) is 77.3 Å². The SMILES string of the molecule is COc1ccc(C(NCc2nc(-c3ccc(C)cc3)no2)c2ccc(F)cc2)cc1. The maximum Gasteiger partial charge on any atom is 0.240 e. The second-order valence-electron chi connectivity index (χ2n) is 7.02. The van der Waals surface area contributed by atoms with Crippen LogP contribution >= 0.6 is 0 Å². The van der Waals surface area contributed by atoms with Crippen molar-refractivity contribution >= 4 is 0 Å². The number of aromatic nitrogens is 2. The number of nitrogens with one attached hydrogen (secondary N) is 1. The molecule has 0 amide bonds. The number of rotatable bonds is 7. The first-order valence-corrected chi connectivity index (χ1v) is 9.65. The highest BCUT2D eigenvalue weighted by atomic mass is 19.1. The normalized spacial score (nSPS) is 12.0. The zero-order valence-electron chi connectivity index (χ0n) is 16.8.